The fourth-order valence-electron chi connectivity index (χ4n) is 8.38. The van der Waals surface area contributed by atoms with Crippen LogP contribution in [0.25, 0.3) is 0 Å². The molecular weight excluding hydrogens is 681 g/mol. The van der Waals surface area contributed by atoms with Crippen molar-refractivity contribution in [2.45, 2.75) is 88.5 Å². The normalized spacial score (nSPS) is 27.9. The number of fused-ring (bicyclic) bond motifs is 3. The van der Waals surface area contributed by atoms with E-state index in [9.17, 15) is 0 Å². The van der Waals surface area contributed by atoms with Crippen LogP contribution in [0.15, 0.2) is 133 Å². The minimum Gasteiger partial charge on any atom is -0.368 e. The Morgan fingerprint density at radius 3 is 0.982 bits per heavy atom. The molecule has 11 rings (SSSR count). The zero-order valence-corrected chi connectivity index (χ0v) is 32.5. The first kappa shape index (κ1) is 38.2. The monoisotopic (exact) mass is 740 g/mol. The molecule has 7 heteroatoms. The second-order valence-corrected chi connectivity index (χ2v) is 16.1. The van der Waals surface area contributed by atoms with Gasteiger partial charge in [-0.3, -0.25) is 19.6 Å². The summed E-state index contributed by atoms with van der Waals surface area (Å²) in [5.41, 5.74) is 5.64. The van der Waals surface area contributed by atoms with Gasteiger partial charge in [0.2, 0.25) is 0 Å². The molecule has 4 aromatic rings. The molecule has 7 aliphatic heterocycles. The highest BCUT2D eigenvalue weighted by atomic mass is 16.6. The Kier molecular flexibility index (Phi) is 13.5. The largest absolute Gasteiger partial charge is 0.368 e. The molecule has 0 bridgehead atoms. The fraction of sp³-hybridized carbons (Fsp3) is 0.458. The van der Waals surface area contributed by atoms with E-state index < -0.39 is 0 Å². The maximum absolute atomic E-state index is 5.50. The van der Waals surface area contributed by atoms with Gasteiger partial charge in [-0.2, -0.15) is 0 Å². The number of nitrogens with zero attached hydrogens (tertiary/aromatic N) is 4. The third kappa shape index (κ3) is 12.4. The molecule has 6 saturated heterocycles. The van der Waals surface area contributed by atoms with Crippen molar-refractivity contribution in [2.75, 3.05) is 52.4 Å². The zero-order chi connectivity index (χ0) is 37.1. The third-order valence-electron chi connectivity index (χ3n) is 11.7. The summed E-state index contributed by atoms with van der Waals surface area (Å²) in [5.74, 6) is 0. The van der Waals surface area contributed by atoms with Crippen molar-refractivity contribution in [1.29, 1.82) is 0 Å². The third-order valence-corrected chi connectivity index (χ3v) is 11.7. The molecule has 6 atom stereocenters. The highest BCUT2D eigenvalue weighted by Crippen LogP contribution is 2.33. The van der Waals surface area contributed by atoms with Gasteiger partial charge in [0.1, 0.15) is 0 Å². The van der Waals surface area contributed by atoms with Crippen LogP contribution in [0.1, 0.15) is 47.9 Å². The van der Waals surface area contributed by atoms with Crippen LogP contribution in [-0.4, -0.2) is 109 Å². The fourth-order valence-corrected chi connectivity index (χ4v) is 8.38. The molecular formula is C48H60N4O3. The molecule has 0 aliphatic carbocycles. The summed E-state index contributed by atoms with van der Waals surface area (Å²) in [7, 11) is 0. The number of likely N-dealkylation sites (tertiary alicyclic amines) is 3. The maximum Gasteiger partial charge on any atom is 0.0969 e. The van der Waals surface area contributed by atoms with E-state index in [1.807, 2.05) is 0 Å². The predicted octanol–water partition coefficient (Wildman–Crippen LogP) is 7.43. The van der Waals surface area contributed by atoms with Crippen LogP contribution < -0.4 is 0 Å². The number of benzene rings is 4. The van der Waals surface area contributed by atoms with Gasteiger partial charge in [0, 0.05) is 78.5 Å². The zero-order valence-electron chi connectivity index (χ0n) is 32.5. The van der Waals surface area contributed by atoms with Gasteiger partial charge in [0.15, 0.2) is 0 Å². The van der Waals surface area contributed by atoms with Crippen molar-refractivity contribution in [3.05, 3.63) is 156 Å². The molecule has 7 nitrogen and oxygen atoms in total. The highest BCUT2D eigenvalue weighted by molar-refractivity contribution is 5.17. The van der Waals surface area contributed by atoms with Gasteiger partial charge in [-0.15, -0.1) is 0 Å². The van der Waals surface area contributed by atoms with Crippen molar-refractivity contribution in [3.8, 4) is 0 Å². The summed E-state index contributed by atoms with van der Waals surface area (Å²) in [6, 6.07) is 42.7. The summed E-state index contributed by atoms with van der Waals surface area (Å²) < 4.78 is 16.5. The van der Waals surface area contributed by atoms with E-state index in [1.165, 1.54) is 74.1 Å². The number of ether oxygens (including phenoxy) is 3. The highest BCUT2D eigenvalue weighted by Gasteiger charge is 2.44. The van der Waals surface area contributed by atoms with Crippen LogP contribution in [0.4, 0.5) is 0 Å². The molecule has 6 fully saturated rings. The first-order chi connectivity index (χ1) is 27.2. The van der Waals surface area contributed by atoms with E-state index in [0.29, 0.717) is 36.6 Å². The minimum absolute atomic E-state index is 0.549. The Balaban J connectivity index is 0.000000104. The summed E-state index contributed by atoms with van der Waals surface area (Å²) in [4.78, 5) is 9.94. The molecule has 0 spiro atoms. The Morgan fingerprint density at radius 2 is 0.691 bits per heavy atom. The smallest absolute Gasteiger partial charge is 0.0969 e. The van der Waals surface area contributed by atoms with Crippen molar-refractivity contribution >= 4 is 0 Å². The second-order valence-electron chi connectivity index (χ2n) is 16.1. The van der Waals surface area contributed by atoms with Gasteiger partial charge in [0.25, 0.3) is 0 Å². The number of epoxide rings is 3. The van der Waals surface area contributed by atoms with E-state index in [0.717, 1.165) is 52.4 Å². The van der Waals surface area contributed by atoms with Crippen LogP contribution >= 0.6 is 0 Å². The second kappa shape index (κ2) is 19.5. The quantitative estimate of drug-likeness (QED) is 0.138. The van der Waals surface area contributed by atoms with Crippen LogP contribution in [0, 0.1) is 0 Å². The standard InChI is InChI=1S/3C12H15NO.C12H15N/c3*1-2-4-10(5-3-1)8-13-7-6-11-12(9-13)14-11;1-3-7-12(8-4-1)11-13-9-5-2-6-10-13/h3*1-5,11-12H,6-9H2;1-5,7-8H,6,9-11H2. The lowest BCUT2D eigenvalue weighted by atomic mass is 10.1. The molecule has 6 unspecified atom stereocenters. The van der Waals surface area contributed by atoms with Crippen LogP contribution in [0.3, 0.4) is 0 Å². The Morgan fingerprint density at radius 1 is 0.364 bits per heavy atom. The first-order valence-corrected chi connectivity index (χ1v) is 20.9. The topological polar surface area (TPSA) is 50.6 Å². The molecule has 290 valence electrons. The molecule has 0 aromatic heterocycles. The van der Waals surface area contributed by atoms with Crippen molar-refractivity contribution in [1.82, 2.24) is 19.6 Å². The van der Waals surface area contributed by atoms with Crippen molar-refractivity contribution in [3.63, 3.8) is 0 Å². The summed E-state index contributed by atoms with van der Waals surface area (Å²) in [6.07, 6.45) is 12.8. The lowest BCUT2D eigenvalue weighted by Crippen LogP contribution is -2.33. The van der Waals surface area contributed by atoms with Crippen LogP contribution in [-0.2, 0) is 40.4 Å². The average molecular weight is 741 g/mol. The van der Waals surface area contributed by atoms with Gasteiger partial charge >= 0.3 is 0 Å². The molecule has 7 heterocycles. The van der Waals surface area contributed by atoms with E-state index in [2.05, 4.69) is 153 Å². The van der Waals surface area contributed by atoms with Gasteiger partial charge in [-0.25, -0.2) is 0 Å². The number of hydrogen-bond acceptors (Lipinski definition) is 7. The predicted molar refractivity (Wildman–Crippen MR) is 220 cm³/mol. The SMILES string of the molecule is C1=CCN(Cc2ccccc2)CC1.c1ccc(CN2CCC3OC3C2)cc1.c1ccc(CN2CCC3OC3C2)cc1.c1ccc(CN2CCC3OC3C2)cc1. The lowest BCUT2D eigenvalue weighted by Gasteiger charge is -2.23. The molecule has 55 heavy (non-hydrogen) atoms. The van der Waals surface area contributed by atoms with Gasteiger partial charge < -0.3 is 14.2 Å². The Bertz CT molecular complexity index is 1570. The van der Waals surface area contributed by atoms with Crippen LogP contribution in [0.5, 0.6) is 0 Å². The Hall–Kier alpha value is -3.66. The van der Waals surface area contributed by atoms with Gasteiger partial charge in [-0.1, -0.05) is 133 Å². The van der Waals surface area contributed by atoms with E-state index in [4.69, 9.17) is 14.2 Å². The molecule has 4 aromatic carbocycles. The summed E-state index contributed by atoms with van der Waals surface area (Å²) in [5, 5.41) is 0. The summed E-state index contributed by atoms with van der Waals surface area (Å²) >= 11 is 0. The average Bonchev–Trinajstić information content (AvgIpc) is 4.14. The molecule has 7 aliphatic rings. The lowest BCUT2D eigenvalue weighted by molar-refractivity contribution is 0.237. The van der Waals surface area contributed by atoms with Crippen molar-refractivity contribution < 1.29 is 14.2 Å². The minimum atomic E-state index is 0.549. The van der Waals surface area contributed by atoms with Crippen molar-refractivity contribution in [2.24, 2.45) is 0 Å². The molecule has 0 saturated carbocycles. The van der Waals surface area contributed by atoms with E-state index >= 15 is 0 Å². The van der Waals surface area contributed by atoms with E-state index in [-0.39, 0.29) is 0 Å². The van der Waals surface area contributed by atoms with Gasteiger partial charge in [0.05, 0.1) is 36.6 Å². The maximum atomic E-state index is 5.50. The van der Waals surface area contributed by atoms with Gasteiger partial charge in [-0.05, 0) is 47.9 Å². The number of piperidine rings is 3. The van der Waals surface area contributed by atoms with E-state index in [1.54, 1.807) is 0 Å². The Labute approximate surface area is 329 Å². The molecule has 0 radical (unpaired) electrons. The first-order valence-electron chi connectivity index (χ1n) is 20.9. The molecule has 0 N–H and O–H groups in total. The summed E-state index contributed by atoms with van der Waals surface area (Å²) in [6.45, 7) is 13.6. The number of hydrogen-bond donors (Lipinski definition) is 0. The number of rotatable bonds is 8. The van der Waals surface area contributed by atoms with Crippen LogP contribution in [0.2, 0.25) is 0 Å². The molecule has 0 amide bonds.